The Morgan fingerprint density at radius 2 is 1.92 bits per heavy atom. The van der Waals surface area contributed by atoms with Crippen LogP contribution in [0.3, 0.4) is 0 Å². The molecule has 4 rings (SSSR count). The summed E-state index contributed by atoms with van der Waals surface area (Å²) in [6.07, 6.45) is 3.73. The van der Waals surface area contributed by atoms with Gasteiger partial charge in [-0.15, -0.1) is 0 Å². The molecule has 3 heteroatoms. The van der Waals surface area contributed by atoms with Gasteiger partial charge < -0.3 is 4.57 Å². The molecule has 2 bridgehead atoms. The summed E-state index contributed by atoms with van der Waals surface area (Å²) in [5, 5.41) is 1.10. The quantitative estimate of drug-likeness (QED) is 0.766. The Hall–Kier alpha value is -1.61. The zero-order valence-corrected chi connectivity index (χ0v) is 16.2. The predicted molar refractivity (Wildman–Crippen MR) is 103 cm³/mol. The Kier molecular flexibility index (Phi) is 3.66. The number of carbonyl (C=O) groups excluding carboxylic acids is 1. The highest BCUT2D eigenvalue weighted by molar-refractivity contribution is 6.10. The number of fused-ring (bicyclic) bond motifs is 3. The van der Waals surface area contributed by atoms with E-state index in [9.17, 15) is 4.79 Å². The van der Waals surface area contributed by atoms with Crippen molar-refractivity contribution >= 4 is 16.7 Å². The Morgan fingerprint density at radius 3 is 2.68 bits per heavy atom. The van der Waals surface area contributed by atoms with Crippen LogP contribution in [-0.4, -0.2) is 34.4 Å². The topological polar surface area (TPSA) is 25.2 Å². The molecule has 0 radical (unpaired) electrons. The lowest BCUT2D eigenvalue weighted by atomic mass is 9.65. The van der Waals surface area contributed by atoms with E-state index in [1.54, 1.807) is 0 Å². The molecule has 0 N–H and O–H groups in total. The van der Waals surface area contributed by atoms with Gasteiger partial charge in [-0.1, -0.05) is 39.0 Å². The van der Waals surface area contributed by atoms with Gasteiger partial charge in [0.1, 0.15) is 0 Å². The van der Waals surface area contributed by atoms with E-state index < -0.39 is 0 Å². The Bertz CT molecular complexity index is 847. The summed E-state index contributed by atoms with van der Waals surface area (Å²) in [4.78, 5) is 15.7. The number of hydrogen-bond acceptors (Lipinski definition) is 2. The molecular weight excluding hydrogens is 308 g/mol. The maximum Gasteiger partial charge on any atom is 0.179 e. The molecule has 2 aliphatic rings. The summed E-state index contributed by atoms with van der Waals surface area (Å²) >= 11 is 0. The minimum Gasteiger partial charge on any atom is -0.347 e. The number of nitrogens with zero attached hydrogens (tertiary/aromatic N) is 2. The highest BCUT2D eigenvalue weighted by atomic mass is 16.1. The molecule has 2 heterocycles. The molecule has 134 valence electrons. The van der Waals surface area contributed by atoms with E-state index in [2.05, 4.69) is 56.3 Å². The molecule has 3 nitrogen and oxygen atoms in total. The number of Topliss-reactive ketones (excluding diaryl/α,β-unsaturated/α-hetero) is 1. The number of ketones is 1. The first kappa shape index (κ1) is 16.8. The number of hydrogen-bond donors (Lipinski definition) is 0. The van der Waals surface area contributed by atoms with E-state index >= 15 is 0 Å². The van der Waals surface area contributed by atoms with E-state index in [4.69, 9.17) is 0 Å². The van der Waals surface area contributed by atoms with Gasteiger partial charge in [0.2, 0.25) is 0 Å². The summed E-state index contributed by atoms with van der Waals surface area (Å²) in [6.45, 7) is 10.9. The van der Waals surface area contributed by atoms with Crippen molar-refractivity contribution < 1.29 is 4.79 Å². The van der Waals surface area contributed by atoms with Crippen molar-refractivity contribution in [2.45, 2.75) is 53.0 Å². The van der Waals surface area contributed by atoms with E-state index in [0.29, 0.717) is 23.4 Å². The van der Waals surface area contributed by atoms with Crippen molar-refractivity contribution in [1.82, 2.24) is 9.47 Å². The second-order valence-electron chi connectivity index (χ2n) is 9.58. The van der Waals surface area contributed by atoms with Crippen LogP contribution in [-0.2, 0) is 7.05 Å². The largest absolute Gasteiger partial charge is 0.347 e. The number of aryl methyl sites for hydroxylation is 1. The van der Waals surface area contributed by atoms with Crippen molar-refractivity contribution in [3.63, 3.8) is 0 Å². The maximum absolute atomic E-state index is 13.2. The van der Waals surface area contributed by atoms with Crippen LogP contribution in [0.1, 0.15) is 56.1 Å². The Labute approximate surface area is 151 Å². The van der Waals surface area contributed by atoms with Gasteiger partial charge in [0.25, 0.3) is 0 Å². The van der Waals surface area contributed by atoms with Crippen LogP contribution in [0.5, 0.6) is 0 Å². The van der Waals surface area contributed by atoms with Gasteiger partial charge >= 0.3 is 0 Å². The van der Waals surface area contributed by atoms with Crippen molar-refractivity contribution in [1.29, 1.82) is 0 Å². The first-order valence-electron chi connectivity index (χ1n) is 9.50. The zero-order valence-electron chi connectivity index (χ0n) is 16.2. The van der Waals surface area contributed by atoms with Crippen molar-refractivity contribution in [3.8, 4) is 0 Å². The lowest BCUT2D eigenvalue weighted by Gasteiger charge is -2.39. The summed E-state index contributed by atoms with van der Waals surface area (Å²) in [6, 6.07) is 8.83. The molecule has 1 saturated carbocycles. The molecule has 2 fully saturated rings. The van der Waals surface area contributed by atoms with Gasteiger partial charge in [-0.25, -0.2) is 0 Å². The van der Waals surface area contributed by atoms with Crippen LogP contribution >= 0.6 is 0 Å². The minimum atomic E-state index is 0.281. The molecule has 0 amide bonds. The highest BCUT2D eigenvalue weighted by Gasteiger charge is 2.49. The van der Waals surface area contributed by atoms with E-state index in [1.807, 2.05) is 12.1 Å². The minimum absolute atomic E-state index is 0.281. The van der Waals surface area contributed by atoms with Crippen molar-refractivity contribution in [3.05, 3.63) is 35.5 Å². The molecule has 1 saturated heterocycles. The molecule has 0 unspecified atom stereocenters. The summed E-state index contributed by atoms with van der Waals surface area (Å²) < 4.78 is 2.15. The third-order valence-corrected chi connectivity index (χ3v) is 6.55. The summed E-state index contributed by atoms with van der Waals surface area (Å²) in [5.74, 6) is 0.281. The van der Waals surface area contributed by atoms with Crippen molar-refractivity contribution in [2.75, 3.05) is 13.1 Å². The lowest BCUT2D eigenvalue weighted by Crippen LogP contribution is -2.37. The van der Waals surface area contributed by atoms with E-state index in [1.165, 1.54) is 19.3 Å². The molecule has 1 aromatic carbocycles. The molecular formula is C22H30N2O. The normalized spacial score (nSPS) is 28.6. The number of aromatic nitrogens is 1. The fourth-order valence-corrected chi connectivity index (χ4v) is 5.90. The van der Waals surface area contributed by atoms with Gasteiger partial charge in [-0.05, 0) is 43.1 Å². The van der Waals surface area contributed by atoms with Crippen LogP contribution in [0.15, 0.2) is 24.3 Å². The average molecular weight is 338 g/mol. The number of para-hydroxylation sites is 1. The fourth-order valence-electron chi connectivity index (χ4n) is 5.90. The second kappa shape index (κ2) is 5.44. The number of benzene rings is 1. The van der Waals surface area contributed by atoms with Gasteiger partial charge in [-0.2, -0.15) is 0 Å². The van der Waals surface area contributed by atoms with Crippen molar-refractivity contribution in [2.24, 2.45) is 17.9 Å². The number of likely N-dealkylation sites (tertiary alicyclic amines) is 1. The van der Waals surface area contributed by atoms with Gasteiger partial charge in [-0.3, -0.25) is 9.69 Å². The second-order valence-corrected chi connectivity index (χ2v) is 9.58. The highest BCUT2D eigenvalue weighted by Crippen LogP contribution is 2.52. The van der Waals surface area contributed by atoms with Crippen LogP contribution < -0.4 is 0 Å². The third-order valence-electron chi connectivity index (χ3n) is 6.55. The first-order valence-corrected chi connectivity index (χ1v) is 9.50. The predicted octanol–water partition coefficient (Wildman–Crippen LogP) is 4.57. The smallest absolute Gasteiger partial charge is 0.179 e. The van der Waals surface area contributed by atoms with Gasteiger partial charge in [0.15, 0.2) is 5.78 Å². The standard InChI is InChI=1S/C22H30N2O/c1-15-20(17-8-6-7-9-18(17)23(15)5)19(25)12-24-14-22(4)11-16(24)10-21(2,3)13-22/h6-9,16H,10-14H2,1-5H3/t16-,22+/m0/s1. The zero-order chi connectivity index (χ0) is 18.0. The van der Waals surface area contributed by atoms with Crippen LogP contribution in [0.2, 0.25) is 0 Å². The summed E-state index contributed by atoms with van der Waals surface area (Å²) in [5.41, 5.74) is 3.92. The van der Waals surface area contributed by atoms with Gasteiger partial charge in [0, 0.05) is 41.8 Å². The molecule has 25 heavy (non-hydrogen) atoms. The monoisotopic (exact) mass is 338 g/mol. The van der Waals surface area contributed by atoms with Crippen LogP contribution in [0.25, 0.3) is 10.9 Å². The molecule has 1 aliphatic carbocycles. The van der Waals surface area contributed by atoms with E-state index in [0.717, 1.165) is 28.7 Å². The molecule has 2 aromatic rings. The Morgan fingerprint density at radius 1 is 1.20 bits per heavy atom. The number of rotatable bonds is 3. The Balaban J connectivity index is 1.63. The molecule has 1 aromatic heterocycles. The third kappa shape index (κ3) is 2.73. The molecule has 1 aliphatic heterocycles. The van der Waals surface area contributed by atoms with Gasteiger partial charge in [0.05, 0.1) is 6.54 Å². The average Bonchev–Trinajstić information content (AvgIpc) is 2.90. The molecule has 2 atom stereocenters. The summed E-state index contributed by atoms with van der Waals surface area (Å²) in [7, 11) is 2.06. The number of carbonyl (C=O) groups is 1. The van der Waals surface area contributed by atoms with Crippen LogP contribution in [0.4, 0.5) is 0 Å². The maximum atomic E-state index is 13.2. The first-order chi connectivity index (χ1) is 11.7. The SMILES string of the molecule is Cc1c(C(=O)CN2C[C@]3(C)C[C@@H]2CC(C)(C)C3)c2ccccc2n1C. The molecule has 0 spiro atoms. The fraction of sp³-hybridized carbons (Fsp3) is 0.591. The van der Waals surface area contributed by atoms with Crippen LogP contribution in [0, 0.1) is 17.8 Å². The lowest BCUT2D eigenvalue weighted by molar-refractivity contribution is 0.0900. The van der Waals surface area contributed by atoms with E-state index in [-0.39, 0.29) is 5.78 Å².